The Morgan fingerprint density at radius 3 is 2.44 bits per heavy atom. The number of ether oxygens (including phenoxy) is 1. The summed E-state index contributed by atoms with van der Waals surface area (Å²) in [5, 5.41) is 13.1. The van der Waals surface area contributed by atoms with Crippen LogP contribution in [-0.4, -0.2) is 77.2 Å². The Morgan fingerprint density at radius 1 is 0.953 bits per heavy atom. The Hall–Kier alpha value is -4.73. The molecule has 222 valence electrons. The van der Waals surface area contributed by atoms with Crippen LogP contribution in [0, 0.1) is 0 Å². The van der Waals surface area contributed by atoms with Gasteiger partial charge in [0.05, 0.1) is 6.54 Å². The molecule has 1 heterocycles. The molecule has 5 rings (SSSR count). The van der Waals surface area contributed by atoms with Gasteiger partial charge in [0, 0.05) is 19.5 Å². The Balaban J connectivity index is 1.35. The van der Waals surface area contributed by atoms with Crippen molar-refractivity contribution in [2.45, 2.75) is 31.7 Å². The lowest BCUT2D eigenvalue weighted by atomic mass is 10.0. The van der Waals surface area contributed by atoms with Gasteiger partial charge in [-0.3, -0.25) is 9.63 Å². The lowest BCUT2D eigenvalue weighted by Crippen LogP contribution is -2.65. The summed E-state index contributed by atoms with van der Waals surface area (Å²) in [6.07, 6.45) is -1.18. The second-order valence-corrected chi connectivity index (χ2v) is 10.6. The van der Waals surface area contributed by atoms with E-state index in [0.717, 1.165) is 28.0 Å². The Bertz CT molecular complexity index is 1540. The Kier molecular flexibility index (Phi) is 9.66. The molecule has 1 fully saturated rings. The molecule has 0 aliphatic carbocycles. The van der Waals surface area contributed by atoms with E-state index in [-0.39, 0.29) is 31.9 Å². The third kappa shape index (κ3) is 7.38. The molecule has 9 heteroatoms. The summed E-state index contributed by atoms with van der Waals surface area (Å²) in [6, 6.07) is 30.1. The van der Waals surface area contributed by atoms with Gasteiger partial charge in [0.25, 0.3) is 5.91 Å². The van der Waals surface area contributed by atoms with Gasteiger partial charge in [-0.1, -0.05) is 84.9 Å². The molecule has 1 saturated heterocycles. The van der Waals surface area contributed by atoms with Gasteiger partial charge in [0.15, 0.2) is 6.10 Å². The largest absolute Gasteiger partial charge is 0.508 e. The summed E-state index contributed by atoms with van der Waals surface area (Å²) in [6.45, 7) is 0.681. The first-order valence-electron chi connectivity index (χ1n) is 14.3. The monoisotopic (exact) mass is 581 g/mol. The van der Waals surface area contributed by atoms with Crippen molar-refractivity contribution < 1.29 is 29.1 Å². The second-order valence-electron chi connectivity index (χ2n) is 10.6. The van der Waals surface area contributed by atoms with Gasteiger partial charge < -0.3 is 24.4 Å². The summed E-state index contributed by atoms with van der Waals surface area (Å²) in [7, 11) is 1.91. The van der Waals surface area contributed by atoms with Gasteiger partial charge in [-0.2, -0.15) is 5.06 Å². The van der Waals surface area contributed by atoms with Crippen LogP contribution in [0.2, 0.25) is 0 Å². The van der Waals surface area contributed by atoms with E-state index in [0.29, 0.717) is 12.8 Å². The molecule has 0 aromatic heterocycles. The van der Waals surface area contributed by atoms with Gasteiger partial charge in [-0.15, -0.1) is 0 Å². The number of fused-ring (bicyclic) bond motifs is 1. The van der Waals surface area contributed by atoms with Crippen LogP contribution in [0.1, 0.15) is 16.7 Å². The average molecular weight is 582 g/mol. The number of carbonyl (C=O) groups excluding carboxylic acids is 3. The molecule has 1 aliphatic rings. The number of benzene rings is 4. The van der Waals surface area contributed by atoms with Crippen LogP contribution in [0.25, 0.3) is 10.8 Å². The van der Waals surface area contributed by atoms with Gasteiger partial charge in [0.1, 0.15) is 24.8 Å². The van der Waals surface area contributed by atoms with E-state index in [1.165, 1.54) is 28.0 Å². The molecule has 4 aromatic rings. The van der Waals surface area contributed by atoms with Crippen molar-refractivity contribution in [2.24, 2.45) is 0 Å². The number of aromatic hydroxyl groups is 1. The fraction of sp³-hybridized carbons (Fsp3) is 0.265. The van der Waals surface area contributed by atoms with Crippen LogP contribution in [0.4, 0.5) is 4.79 Å². The van der Waals surface area contributed by atoms with Crippen molar-refractivity contribution in [2.75, 3.05) is 26.7 Å². The normalized spacial score (nSPS) is 16.9. The highest BCUT2D eigenvalue weighted by atomic mass is 16.7. The highest BCUT2D eigenvalue weighted by Crippen LogP contribution is 2.25. The standard InChI is InChI=1S/C34H35N3O6/c1-35(19-18-28-12-7-11-27-10-5-6-13-30(27)28)23-32-36(20-21-38)33(40)31(22-25-14-16-29(39)17-15-25)43-37(32)34(41)42-24-26-8-3-2-4-9-26/h2-17,21,31-32,39H,18-20,22-24H2,1H3. The maximum absolute atomic E-state index is 13.6. The van der Waals surface area contributed by atoms with Crippen molar-refractivity contribution in [1.82, 2.24) is 14.9 Å². The second kappa shape index (κ2) is 14.0. The number of likely N-dealkylation sites (N-methyl/N-ethyl adjacent to an activating group) is 1. The number of carbonyl (C=O) groups is 3. The zero-order valence-corrected chi connectivity index (χ0v) is 24.0. The number of amides is 2. The van der Waals surface area contributed by atoms with Crippen LogP contribution < -0.4 is 0 Å². The molecule has 0 spiro atoms. The fourth-order valence-corrected chi connectivity index (χ4v) is 5.29. The Labute approximate surface area is 250 Å². The van der Waals surface area contributed by atoms with E-state index in [1.807, 2.05) is 60.5 Å². The molecular weight excluding hydrogens is 546 g/mol. The van der Waals surface area contributed by atoms with Gasteiger partial charge in [-0.25, -0.2) is 4.79 Å². The predicted molar refractivity (Wildman–Crippen MR) is 162 cm³/mol. The highest BCUT2D eigenvalue weighted by Gasteiger charge is 2.45. The quantitative estimate of drug-likeness (QED) is 0.259. The average Bonchev–Trinajstić information content (AvgIpc) is 3.03. The van der Waals surface area contributed by atoms with E-state index in [1.54, 1.807) is 12.1 Å². The van der Waals surface area contributed by atoms with E-state index >= 15 is 0 Å². The molecule has 4 aromatic carbocycles. The van der Waals surface area contributed by atoms with Crippen LogP contribution in [0.5, 0.6) is 5.75 Å². The van der Waals surface area contributed by atoms with Crippen molar-refractivity contribution in [3.05, 3.63) is 114 Å². The molecule has 0 radical (unpaired) electrons. The number of hydrogen-bond donors (Lipinski definition) is 1. The number of aldehydes is 1. The molecule has 1 N–H and O–H groups in total. The number of phenolic OH excluding ortho intramolecular Hbond substituents is 1. The number of hydroxylamine groups is 2. The van der Waals surface area contributed by atoms with Crippen molar-refractivity contribution in [1.29, 1.82) is 0 Å². The minimum atomic E-state index is -1.06. The van der Waals surface area contributed by atoms with E-state index < -0.39 is 24.3 Å². The summed E-state index contributed by atoms with van der Waals surface area (Å²) in [5.74, 6) is -0.306. The SMILES string of the molecule is CN(CCc1cccc2ccccc12)CC1N(CC=O)C(=O)C(Cc2ccc(O)cc2)ON1C(=O)OCc1ccccc1. The third-order valence-corrected chi connectivity index (χ3v) is 7.56. The van der Waals surface area contributed by atoms with Crippen LogP contribution >= 0.6 is 0 Å². The molecule has 2 atom stereocenters. The number of nitrogens with zero attached hydrogens (tertiary/aromatic N) is 3. The molecule has 0 bridgehead atoms. The summed E-state index contributed by atoms with van der Waals surface area (Å²) in [5.41, 5.74) is 2.72. The first-order chi connectivity index (χ1) is 20.9. The lowest BCUT2D eigenvalue weighted by molar-refractivity contribution is -0.255. The minimum absolute atomic E-state index is 0.0213. The van der Waals surface area contributed by atoms with Crippen molar-refractivity contribution in [3.8, 4) is 5.75 Å². The molecule has 1 aliphatic heterocycles. The fourth-order valence-electron chi connectivity index (χ4n) is 5.29. The van der Waals surface area contributed by atoms with Gasteiger partial charge >= 0.3 is 6.09 Å². The molecule has 2 amide bonds. The first kappa shape index (κ1) is 29.8. The summed E-state index contributed by atoms with van der Waals surface area (Å²) >= 11 is 0. The highest BCUT2D eigenvalue weighted by molar-refractivity contribution is 5.86. The van der Waals surface area contributed by atoms with E-state index in [4.69, 9.17) is 9.57 Å². The maximum atomic E-state index is 13.6. The van der Waals surface area contributed by atoms with Crippen molar-refractivity contribution >= 4 is 29.1 Å². The Morgan fingerprint density at radius 2 is 1.67 bits per heavy atom. The first-order valence-corrected chi connectivity index (χ1v) is 14.3. The molecule has 2 unspecified atom stereocenters. The lowest BCUT2D eigenvalue weighted by Gasteiger charge is -2.45. The smallest absolute Gasteiger partial charge is 0.436 e. The number of phenols is 1. The zero-order valence-electron chi connectivity index (χ0n) is 24.0. The maximum Gasteiger partial charge on any atom is 0.436 e. The molecule has 43 heavy (non-hydrogen) atoms. The third-order valence-electron chi connectivity index (χ3n) is 7.56. The number of hydrogen-bond acceptors (Lipinski definition) is 7. The van der Waals surface area contributed by atoms with Crippen LogP contribution in [0.3, 0.4) is 0 Å². The van der Waals surface area contributed by atoms with Gasteiger partial charge in [0.2, 0.25) is 0 Å². The molecule has 0 saturated carbocycles. The van der Waals surface area contributed by atoms with E-state index in [2.05, 4.69) is 24.3 Å². The topological polar surface area (TPSA) is 99.6 Å². The summed E-state index contributed by atoms with van der Waals surface area (Å²) in [4.78, 5) is 48.3. The van der Waals surface area contributed by atoms with Crippen molar-refractivity contribution in [3.63, 3.8) is 0 Å². The predicted octanol–water partition coefficient (Wildman–Crippen LogP) is 4.57. The molecular formula is C34H35N3O6. The zero-order chi connectivity index (χ0) is 30.2. The number of rotatable bonds is 11. The van der Waals surface area contributed by atoms with Gasteiger partial charge in [-0.05, 0) is 53.1 Å². The summed E-state index contributed by atoms with van der Waals surface area (Å²) < 4.78 is 5.62. The minimum Gasteiger partial charge on any atom is -0.508 e. The van der Waals surface area contributed by atoms with E-state index in [9.17, 15) is 19.5 Å². The van der Waals surface area contributed by atoms with Crippen LogP contribution in [-0.2, 0) is 38.6 Å². The van der Waals surface area contributed by atoms with Crippen LogP contribution in [0.15, 0.2) is 97.1 Å². The molecule has 9 nitrogen and oxygen atoms in total.